The van der Waals surface area contributed by atoms with Crippen LogP contribution in [0, 0.1) is 12.8 Å². The van der Waals surface area contributed by atoms with Gasteiger partial charge in [0.15, 0.2) is 9.84 Å². The van der Waals surface area contributed by atoms with E-state index >= 15 is 0 Å². The Balaban J connectivity index is 2.05. The highest BCUT2D eigenvalue weighted by Gasteiger charge is 2.20. The quantitative estimate of drug-likeness (QED) is 0.506. The number of sulfone groups is 1. The zero-order valence-electron chi connectivity index (χ0n) is 18.9. The van der Waals surface area contributed by atoms with Crippen molar-refractivity contribution in [2.24, 2.45) is 5.92 Å². The molecule has 32 heavy (non-hydrogen) atoms. The topological polar surface area (TPSA) is 92.3 Å². The average Bonchev–Trinajstić information content (AvgIpc) is 2.76. The Bertz CT molecular complexity index is 1010. The van der Waals surface area contributed by atoms with Crippen LogP contribution in [0.4, 0.5) is 0 Å². The highest BCUT2D eigenvalue weighted by atomic mass is 32.2. The number of hydrogen-bond donors (Lipinski definition) is 2. The van der Waals surface area contributed by atoms with E-state index in [0.29, 0.717) is 25.3 Å². The molecule has 172 valence electrons. The van der Waals surface area contributed by atoms with E-state index in [1.165, 1.54) is 12.1 Å². The van der Waals surface area contributed by atoms with Crippen LogP contribution in [0.1, 0.15) is 37.8 Å². The van der Waals surface area contributed by atoms with E-state index in [0.717, 1.165) is 29.0 Å². The summed E-state index contributed by atoms with van der Waals surface area (Å²) in [5, 5.41) is 6.39. The number of amides is 2. The lowest BCUT2D eigenvalue weighted by atomic mass is 10.0. The Morgan fingerprint density at radius 2 is 1.62 bits per heavy atom. The molecule has 0 aliphatic heterocycles. The van der Waals surface area contributed by atoms with Crippen molar-refractivity contribution in [3.8, 4) is 0 Å². The second-order valence-electron chi connectivity index (χ2n) is 8.22. The molecule has 0 saturated carbocycles. The van der Waals surface area contributed by atoms with E-state index in [1.54, 1.807) is 12.1 Å². The maximum absolute atomic E-state index is 12.7. The number of carbonyl (C=O) groups excluding carboxylic acids is 2. The van der Waals surface area contributed by atoms with Crippen LogP contribution in [0.3, 0.4) is 0 Å². The minimum atomic E-state index is -3.75. The molecule has 0 heterocycles. The molecule has 2 aromatic rings. The third-order valence-corrected chi connectivity index (χ3v) is 6.39. The number of hydrogen-bond acceptors (Lipinski definition) is 4. The van der Waals surface area contributed by atoms with E-state index in [9.17, 15) is 18.0 Å². The number of rotatable bonds is 11. The van der Waals surface area contributed by atoms with Crippen molar-refractivity contribution in [1.82, 2.24) is 10.6 Å². The van der Waals surface area contributed by atoms with Gasteiger partial charge in [0, 0.05) is 18.0 Å². The summed E-state index contributed by atoms with van der Waals surface area (Å²) in [6.07, 6.45) is 2.81. The lowest BCUT2D eigenvalue weighted by Gasteiger charge is -2.18. The van der Waals surface area contributed by atoms with Crippen LogP contribution in [-0.2, 0) is 25.8 Å². The highest BCUT2D eigenvalue weighted by molar-refractivity contribution is 7.94. The molecular formula is C25H32N2O4S. The molecule has 2 N–H and O–H groups in total. The van der Waals surface area contributed by atoms with Gasteiger partial charge in [0.2, 0.25) is 11.8 Å². The number of benzene rings is 2. The van der Waals surface area contributed by atoms with Gasteiger partial charge in [0.1, 0.15) is 6.04 Å². The standard InChI is InChI=1S/C25H32N2O4S/c1-19(2)15-17-26-25(29)23(14-11-21-7-5-4-6-8-21)27-24(28)16-18-32(30,31)22-12-9-20(3)10-13-22/h4-10,12-13,16,18-19,23H,11,14-15,17H2,1-3H3,(H,26,29)(H,27,28)/b18-16+/t23-/m0/s1. The van der Waals surface area contributed by atoms with Crippen molar-refractivity contribution in [2.75, 3.05) is 6.54 Å². The minimum absolute atomic E-state index is 0.110. The number of aryl methyl sites for hydroxylation is 2. The molecule has 1 atom stereocenters. The van der Waals surface area contributed by atoms with E-state index in [4.69, 9.17) is 0 Å². The predicted molar refractivity (Wildman–Crippen MR) is 127 cm³/mol. The Kier molecular flexibility index (Phi) is 9.65. The summed E-state index contributed by atoms with van der Waals surface area (Å²) in [5.74, 6) is -0.454. The van der Waals surface area contributed by atoms with Gasteiger partial charge in [-0.3, -0.25) is 9.59 Å². The normalized spacial score (nSPS) is 12.6. The summed E-state index contributed by atoms with van der Waals surface area (Å²) in [4.78, 5) is 25.2. The van der Waals surface area contributed by atoms with Gasteiger partial charge >= 0.3 is 0 Å². The smallest absolute Gasteiger partial charge is 0.245 e. The number of nitrogens with one attached hydrogen (secondary N) is 2. The average molecular weight is 457 g/mol. The molecular weight excluding hydrogens is 424 g/mol. The van der Waals surface area contributed by atoms with E-state index in [-0.39, 0.29) is 10.8 Å². The second-order valence-corrected chi connectivity index (χ2v) is 10.1. The maximum atomic E-state index is 12.7. The first-order valence-corrected chi connectivity index (χ1v) is 12.3. The van der Waals surface area contributed by atoms with Crippen LogP contribution in [0.5, 0.6) is 0 Å². The summed E-state index contributed by atoms with van der Waals surface area (Å²) in [7, 11) is -3.75. The zero-order valence-corrected chi connectivity index (χ0v) is 19.7. The number of carbonyl (C=O) groups is 2. The second kappa shape index (κ2) is 12.2. The molecule has 0 aliphatic rings. The van der Waals surface area contributed by atoms with Crippen molar-refractivity contribution >= 4 is 21.7 Å². The fraction of sp³-hybridized carbons (Fsp3) is 0.360. The van der Waals surface area contributed by atoms with E-state index in [2.05, 4.69) is 24.5 Å². The predicted octanol–water partition coefficient (Wildman–Crippen LogP) is 3.56. The molecule has 0 aromatic heterocycles. The minimum Gasteiger partial charge on any atom is -0.354 e. The molecule has 6 nitrogen and oxygen atoms in total. The largest absolute Gasteiger partial charge is 0.354 e. The van der Waals surface area contributed by atoms with Gasteiger partial charge in [-0.1, -0.05) is 61.9 Å². The summed E-state index contributed by atoms with van der Waals surface area (Å²) in [5.41, 5.74) is 2.00. The Labute approximate surface area is 191 Å². The van der Waals surface area contributed by atoms with Gasteiger partial charge in [-0.05, 0) is 49.8 Å². The third kappa shape index (κ3) is 8.67. The zero-order chi connectivity index (χ0) is 23.6. The first kappa shape index (κ1) is 25.3. The summed E-state index contributed by atoms with van der Waals surface area (Å²) >= 11 is 0. The van der Waals surface area contributed by atoms with Crippen molar-refractivity contribution in [2.45, 2.75) is 51.0 Å². The highest BCUT2D eigenvalue weighted by Crippen LogP contribution is 2.13. The molecule has 0 unspecified atom stereocenters. The van der Waals surface area contributed by atoms with Crippen molar-refractivity contribution in [3.63, 3.8) is 0 Å². The first-order chi connectivity index (χ1) is 15.2. The summed E-state index contributed by atoms with van der Waals surface area (Å²) < 4.78 is 24.9. The maximum Gasteiger partial charge on any atom is 0.245 e. The SMILES string of the molecule is Cc1ccc(S(=O)(=O)/C=C/C(=O)N[C@@H](CCc2ccccc2)C(=O)NCCC(C)C)cc1. The third-order valence-electron chi connectivity index (χ3n) is 4.97. The monoisotopic (exact) mass is 456 g/mol. The fourth-order valence-corrected chi connectivity index (χ4v) is 3.98. The van der Waals surface area contributed by atoms with Crippen molar-refractivity contribution in [3.05, 3.63) is 77.2 Å². The van der Waals surface area contributed by atoms with Crippen LogP contribution in [0.15, 0.2) is 71.0 Å². The van der Waals surface area contributed by atoms with Crippen LogP contribution in [0.2, 0.25) is 0 Å². The van der Waals surface area contributed by atoms with Gasteiger partial charge < -0.3 is 10.6 Å². The Hall–Kier alpha value is -2.93. The first-order valence-electron chi connectivity index (χ1n) is 10.8. The van der Waals surface area contributed by atoms with Gasteiger partial charge in [-0.2, -0.15) is 0 Å². The van der Waals surface area contributed by atoms with Crippen LogP contribution in [-0.4, -0.2) is 32.8 Å². The molecule has 2 amide bonds. The lowest BCUT2D eigenvalue weighted by molar-refractivity contribution is -0.127. The lowest BCUT2D eigenvalue weighted by Crippen LogP contribution is -2.47. The molecule has 2 rings (SSSR count). The molecule has 0 aliphatic carbocycles. The van der Waals surface area contributed by atoms with E-state index in [1.807, 2.05) is 37.3 Å². The van der Waals surface area contributed by atoms with E-state index < -0.39 is 21.8 Å². The van der Waals surface area contributed by atoms with Crippen molar-refractivity contribution < 1.29 is 18.0 Å². The Morgan fingerprint density at radius 3 is 2.25 bits per heavy atom. The summed E-state index contributed by atoms with van der Waals surface area (Å²) in [6.45, 7) is 6.52. The fourth-order valence-electron chi connectivity index (χ4n) is 3.01. The van der Waals surface area contributed by atoms with Crippen molar-refractivity contribution in [1.29, 1.82) is 0 Å². The van der Waals surface area contributed by atoms with Gasteiger partial charge in [0.25, 0.3) is 0 Å². The molecule has 0 fully saturated rings. The van der Waals surface area contributed by atoms with Gasteiger partial charge in [-0.25, -0.2) is 8.42 Å². The van der Waals surface area contributed by atoms with Crippen LogP contribution >= 0.6 is 0 Å². The van der Waals surface area contributed by atoms with Crippen LogP contribution in [0.25, 0.3) is 0 Å². The molecule has 0 radical (unpaired) electrons. The van der Waals surface area contributed by atoms with Crippen LogP contribution < -0.4 is 10.6 Å². The summed E-state index contributed by atoms with van der Waals surface area (Å²) in [6, 6.07) is 15.3. The molecule has 0 spiro atoms. The molecule has 0 saturated heterocycles. The van der Waals surface area contributed by atoms with Gasteiger partial charge in [0.05, 0.1) is 4.90 Å². The molecule has 7 heteroatoms. The van der Waals surface area contributed by atoms with Gasteiger partial charge in [-0.15, -0.1) is 0 Å². The molecule has 0 bridgehead atoms. The Morgan fingerprint density at radius 1 is 0.969 bits per heavy atom. The molecule has 2 aromatic carbocycles.